The molecular weight excluding hydrogens is 314 g/mol. The van der Waals surface area contributed by atoms with Crippen molar-refractivity contribution < 1.29 is 0 Å². The third-order valence-electron chi connectivity index (χ3n) is 4.64. The summed E-state index contributed by atoms with van der Waals surface area (Å²) in [5, 5.41) is 5.73. The van der Waals surface area contributed by atoms with Crippen LogP contribution in [0.25, 0.3) is 43.7 Å². The number of aromatic nitrogens is 1. The Kier molecular flexibility index (Phi) is 2.91. The Bertz CT molecular complexity index is 1220. The van der Waals surface area contributed by atoms with Gasteiger partial charge in [-0.25, -0.2) is 0 Å². The Morgan fingerprint density at radius 1 is 0.708 bits per heavy atom. The first-order chi connectivity index (χ1) is 11.8. The number of fused-ring (bicyclic) bond motifs is 5. The molecule has 0 fully saturated rings. The molecule has 0 bridgehead atoms. The molecule has 1 nitrogen and oxygen atoms in total. The van der Waals surface area contributed by atoms with Crippen molar-refractivity contribution in [2.45, 2.75) is 0 Å². The molecule has 0 spiro atoms. The number of halogens is 1. The van der Waals surface area contributed by atoms with Gasteiger partial charge in [-0.1, -0.05) is 66.2 Å². The molecular formula is C22H14ClN. The molecule has 1 N–H and O–H groups in total. The predicted octanol–water partition coefficient (Wildman–Crippen LogP) is 6.79. The predicted molar refractivity (Wildman–Crippen MR) is 104 cm³/mol. The van der Waals surface area contributed by atoms with Crippen LogP contribution >= 0.6 is 11.6 Å². The normalized spacial score (nSPS) is 11.5. The Balaban J connectivity index is 2.04. The summed E-state index contributed by atoms with van der Waals surface area (Å²) in [4.78, 5) is 3.61. The van der Waals surface area contributed by atoms with Gasteiger partial charge in [-0.15, -0.1) is 0 Å². The molecule has 0 unspecified atom stereocenters. The van der Waals surface area contributed by atoms with Crippen molar-refractivity contribution >= 4 is 44.2 Å². The molecule has 5 aromatic rings. The maximum Gasteiger partial charge on any atom is 0.0550 e. The third kappa shape index (κ3) is 1.95. The number of rotatable bonds is 1. The van der Waals surface area contributed by atoms with Crippen molar-refractivity contribution in [3.05, 3.63) is 83.9 Å². The largest absolute Gasteiger partial charge is 0.354 e. The lowest BCUT2D eigenvalue weighted by atomic mass is 9.95. The standard InChI is InChI=1S/C22H14ClN/c23-16-8-5-7-14(12-16)19-13-15-6-1-2-9-17(15)22-21(19)18-10-3-4-11-20(18)24-22/h1-13,24H. The first-order valence-electron chi connectivity index (χ1n) is 7.99. The van der Waals surface area contributed by atoms with E-state index >= 15 is 0 Å². The Labute approximate surface area is 144 Å². The van der Waals surface area contributed by atoms with E-state index in [1.165, 1.54) is 32.6 Å². The highest BCUT2D eigenvalue weighted by atomic mass is 35.5. The van der Waals surface area contributed by atoms with Gasteiger partial charge in [-0.2, -0.15) is 0 Å². The van der Waals surface area contributed by atoms with Crippen molar-refractivity contribution in [2.24, 2.45) is 0 Å². The number of hydrogen-bond acceptors (Lipinski definition) is 0. The minimum Gasteiger partial charge on any atom is -0.354 e. The van der Waals surface area contributed by atoms with Gasteiger partial charge in [0.15, 0.2) is 0 Å². The van der Waals surface area contributed by atoms with Crippen LogP contribution < -0.4 is 0 Å². The highest BCUT2D eigenvalue weighted by Crippen LogP contribution is 2.39. The fourth-order valence-electron chi connectivity index (χ4n) is 3.59. The first kappa shape index (κ1) is 13.6. The summed E-state index contributed by atoms with van der Waals surface area (Å²) in [5.41, 5.74) is 4.70. The summed E-state index contributed by atoms with van der Waals surface area (Å²) < 4.78 is 0. The molecule has 0 amide bonds. The Morgan fingerprint density at radius 2 is 1.50 bits per heavy atom. The number of H-pyrrole nitrogens is 1. The minimum absolute atomic E-state index is 0.758. The van der Waals surface area contributed by atoms with Gasteiger partial charge < -0.3 is 4.98 Å². The van der Waals surface area contributed by atoms with Crippen LogP contribution in [0.2, 0.25) is 5.02 Å². The van der Waals surface area contributed by atoms with Gasteiger partial charge >= 0.3 is 0 Å². The smallest absolute Gasteiger partial charge is 0.0550 e. The Morgan fingerprint density at radius 3 is 2.38 bits per heavy atom. The number of nitrogens with one attached hydrogen (secondary N) is 1. The van der Waals surface area contributed by atoms with Crippen molar-refractivity contribution in [2.75, 3.05) is 0 Å². The lowest BCUT2D eigenvalue weighted by Gasteiger charge is -2.09. The number of aromatic amines is 1. The molecule has 0 aliphatic carbocycles. The quantitative estimate of drug-likeness (QED) is 0.348. The first-order valence-corrected chi connectivity index (χ1v) is 8.37. The van der Waals surface area contributed by atoms with Crippen LogP contribution in [0.4, 0.5) is 0 Å². The fourth-order valence-corrected chi connectivity index (χ4v) is 3.78. The molecule has 24 heavy (non-hydrogen) atoms. The average molecular weight is 328 g/mol. The van der Waals surface area contributed by atoms with E-state index in [9.17, 15) is 0 Å². The molecule has 0 saturated carbocycles. The number of para-hydroxylation sites is 1. The molecule has 4 aromatic carbocycles. The van der Waals surface area contributed by atoms with Gasteiger partial charge in [0.25, 0.3) is 0 Å². The van der Waals surface area contributed by atoms with Gasteiger partial charge in [0.2, 0.25) is 0 Å². The fraction of sp³-hybridized carbons (Fsp3) is 0. The van der Waals surface area contributed by atoms with Crippen LogP contribution in [0.1, 0.15) is 0 Å². The van der Waals surface area contributed by atoms with Gasteiger partial charge in [0.05, 0.1) is 5.52 Å². The summed E-state index contributed by atoms with van der Waals surface area (Å²) >= 11 is 6.25. The van der Waals surface area contributed by atoms with Gasteiger partial charge in [0, 0.05) is 26.7 Å². The SMILES string of the molecule is Clc1cccc(-c2cc3ccccc3c3[nH]c4ccccc4c23)c1. The minimum atomic E-state index is 0.758. The van der Waals surface area contributed by atoms with Crippen LogP contribution in [0.15, 0.2) is 78.9 Å². The third-order valence-corrected chi connectivity index (χ3v) is 4.88. The molecule has 0 atom stereocenters. The van der Waals surface area contributed by atoms with Gasteiger partial charge in [0.1, 0.15) is 0 Å². The molecule has 0 saturated heterocycles. The lowest BCUT2D eigenvalue weighted by molar-refractivity contribution is 1.56. The molecule has 5 rings (SSSR count). The summed E-state index contributed by atoms with van der Waals surface area (Å²) in [5.74, 6) is 0. The molecule has 1 heterocycles. The van der Waals surface area contributed by atoms with Crippen molar-refractivity contribution in [3.8, 4) is 11.1 Å². The average Bonchev–Trinajstić information content (AvgIpc) is 3.01. The molecule has 1 aromatic heterocycles. The highest BCUT2D eigenvalue weighted by Gasteiger charge is 2.13. The highest BCUT2D eigenvalue weighted by molar-refractivity contribution is 6.31. The van der Waals surface area contributed by atoms with Crippen molar-refractivity contribution in [1.82, 2.24) is 4.98 Å². The second-order valence-corrected chi connectivity index (χ2v) is 6.51. The molecule has 0 aliphatic heterocycles. The summed E-state index contributed by atoms with van der Waals surface area (Å²) in [6, 6.07) is 27.3. The van der Waals surface area contributed by atoms with E-state index in [4.69, 9.17) is 11.6 Å². The second-order valence-electron chi connectivity index (χ2n) is 6.08. The van der Waals surface area contributed by atoms with E-state index in [1.807, 2.05) is 18.2 Å². The zero-order chi connectivity index (χ0) is 16.1. The van der Waals surface area contributed by atoms with Crippen LogP contribution in [0.5, 0.6) is 0 Å². The van der Waals surface area contributed by atoms with E-state index in [2.05, 4.69) is 65.6 Å². The van der Waals surface area contributed by atoms with Crippen LogP contribution in [-0.2, 0) is 0 Å². The maximum absolute atomic E-state index is 6.25. The second kappa shape index (κ2) is 5.12. The van der Waals surface area contributed by atoms with Crippen molar-refractivity contribution in [1.29, 1.82) is 0 Å². The summed E-state index contributed by atoms with van der Waals surface area (Å²) in [6.07, 6.45) is 0. The Hall–Kier alpha value is -2.77. The van der Waals surface area contributed by atoms with Gasteiger partial charge in [-0.3, -0.25) is 0 Å². The van der Waals surface area contributed by atoms with Crippen LogP contribution in [0, 0.1) is 0 Å². The van der Waals surface area contributed by atoms with Crippen LogP contribution in [0.3, 0.4) is 0 Å². The zero-order valence-corrected chi connectivity index (χ0v) is 13.6. The molecule has 114 valence electrons. The van der Waals surface area contributed by atoms with Crippen LogP contribution in [-0.4, -0.2) is 4.98 Å². The monoisotopic (exact) mass is 327 g/mol. The van der Waals surface area contributed by atoms with Crippen molar-refractivity contribution in [3.63, 3.8) is 0 Å². The molecule has 0 aliphatic rings. The number of hydrogen-bond donors (Lipinski definition) is 1. The summed E-state index contributed by atoms with van der Waals surface area (Å²) in [6.45, 7) is 0. The summed E-state index contributed by atoms with van der Waals surface area (Å²) in [7, 11) is 0. The molecule has 2 heteroatoms. The maximum atomic E-state index is 6.25. The van der Waals surface area contributed by atoms with E-state index in [0.29, 0.717) is 0 Å². The van der Waals surface area contributed by atoms with Gasteiger partial charge in [-0.05, 0) is 40.8 Å². The zero-order valence-electron chi connectivity index (χ0n) is 12.9. The van der Waals surface area contributed by atoms with E-state index in [-0.39, 0.29) is 0 Å². The van der Waals surface area contributed by atoms with E-state index < -0.39 is 0 Å². The van der Waals surface area contributed by atoms with E-state index in [0.717, 1.165) is 16.1 Å². The number of benzene rings is 4. The lowest BCUT2D eigenvalue weighted by Crippen LogP contribution is -1.83. The molecule has 0 radical (unpaired) electrons. The van der Waals surface area contributed by atoms with E-state index in [1.54, 1.807) is 0 Å². The topological polar surface area (TPSA) is 15.8 Å².